The van der Waals surface area contributed by atoms with Crippen LogP contribution in [0.1, 0.15) is 49.7 Å². The van der Waals surface area contributed by atoms with E-state index in [4.69, 9.17) is 4.74 Å². The summed E-state index contributed by atoms with van der Waals surface area (Å²) < 4.78 is 5.32. The first kappa shape index (κ1) is 21.5. The van der Waals surface area contributed by atoms with E-state index in [1.165, 1.54) is 80.4 Å². The van der Waals surface area contributed by atoms with Crippen LogP contribution in [0.25, 0.3) is 22.2 Å². The summed E-state index contributed by atoms with van der Waals surface area (Å²) in [7, 11) is 1.66. The summed E-state index contributed by atoms with van der Waals surface area (Å²) in [4.78, 5) is 13.2. The number of methoxy groups -OCH3 is 1. The highest BCUT2D eigenvalue weighted by Crippen LogP contribution is 2.35. The summed E-state index contributed by atoms with van der Waals surface area (Å²) >= 11 is 0. The van der Waals surface area contributed by atoms with Crippen molar-refractivity contribution < 1.29 is 4.74 Å². The van der Waals surface area contributed by atoms with E-state index in [2.05, 4.69) is 51.8 Å². The van der Waals surface area contributed by atoms with Crippen LogP contribution in [-0.4, -0.2) is 65.6 Å². The standard InChI is InChI=1S/C27H36N4O/c1-4-30-13-10-23(11-14-30)31-15-8-20(9-16-31)21-5-6-25-24(17-21)19(2)27(29-25)22-7-12-28-26(18-22)32-3/h5-7,12,17-18,20,23,29H,4,8-11,13-16H2,1-3H3. The maximum atomic E-state index is 5.32. The summed E-state index contributed by atoms with van der Waals surface area (Å²) in [5.41, 5.74) is 6.28. The highest BCUT2D eigenvalue weighted by molar-refractivity contribution is 5.91. The Bertz CT molecular complexity index is 1060. The van der Waals surface area contributed by atoms with Crippen LogP contribution in [-0.2, 0) is 0 Å². The predicted molar refractivity (Wildman–Crippen MR) is 132 cm³/mol. The Morgan fingerprint density at radius 1 is 1.03 bits per heavy atom. The number of benzene rings is 1. The average Bonchev–Trinajstić information content (AvgIpc) is 3.20. The summed E-state index contributed by atoms with van der Waals surface area (Å²) in [6.07, 6.45) is 7.05. The van der Waals surface area contributed by atoms with Crippen molar-refractivity contribution in [3.63, 3.8) is 0 Å². The molecule has 170 valence electrons. The number of hydrogen-bond donors (Lipinski definition) is 1. The number of pyridine rings is 1. The van der Waals surface area contributed by atoms with E-state index in [0.29, 0.717) is 11.8 Å². The van der Waals surface area contributed by atoms with Gasteiger partial charge in [0.1, 0.15) is 0 Å². The molecular formula is C27H36N4O. The first-order valence-corrected chi connectivity index (χ1v) is 12.2. The highest BCUT2D eigenvalue weighted by Gasteiger charge is 2.28. The molecule has 0 amide bonds. The number of aromatic nitrogens is 2. The van der Waals surface area contributed by atoms with Gasteiger partial charge in [-0.2, -0.15) is 0 Å². The van der Waals surface area contributed by atoms with Crippen LogP contribution in [0.2, 0.25) is 0 Å². The number of rotatable bonds is 5. The summed E-state index contributed by atoms with van der Waals surface area (Å²) in [5.74, 6) is 1.32. The van der Waals surface area contributed by atoms with Gasteiger partial charge in [0.2, 0.25) is 5.88 Å². The van der Waals surface area contributed by atoms with E-state index in [0.717, 1.165) is 17.3 Å². The molecule has 5 heteroatoms. The Labute approximate surface area is 191 Å². The lowest BCUT2D eigenvalue weighted by Crippen LogP contribution is -2.47. The fraction of sp³-hybridized carbons (Fsp3) is 0.519. The lowest BCUT2D eigenvalue weighted by molar-refractivity contribution is 0.0895. The third-order valence-corrected chi connectivity index (χ3v) is 7.84. The minimum absolute atomic E-state index is 0.647. The lowest BCUT2D eigenvalue weighted by atomic mass is 9.87. The predicted octanol–water partition coefficient (Wildman–Crippen LogP) is 5.21. The van der Waals surface area contributed by atoms with Crippen molar-refractivity contribution in [1.82, 2.24) is 19.8 Å². The first-order chi connectivity index (χ1) is 15.7. The number of fused-ring (bicyclic) bond motifs is 1. The van der Waals surface area contributed by atoms with Crippen molar-refractivity contribution in [2.45, 2.75) is 51.5 Å². The Balaban J connectivity index is 1.30. The monoisotopic (exact) mass is 432 g/mol. The van der Waals surface area contributed by atoms with Crippen molar-refractivity contribution >= 4 is 10.9 Å². The molecule has 5 nitrogen and oxygen atoms in total. The zero-order valence-electron chi connectivity index (χ0n) is 19.7. The largest absolute Gasteiger partial charge is 0.481 e. The maximum absolute atomic E-state index is 5.32. The second kappa shape index (κ2) is 9.24. The van der Waals surface area contributed by atoms with Gasteiger partial charge < -0.3 is 19.5 Å². The molecule has 32 heavy (non-hydrogen) atoms. The summed E-state index contributed by atoms with van der Waals surface area (Å²) in [5, 5.41) is 1.34. The van der Waals surface area contributed by atoms with E-state index < -0.39 is 0 Å². The molecule has 2 fully saturated rings. The molecular weight excluding hydrogens is 396 g/mol. The van der Waals surface area contributed by atoms with E-state index in [9.17, 15) is 0 Å². The second-order valence-electron chi connectivity index (χ2n) is 9.49. The van der Waals surface area contributed by atoms with E-state index in [-0.39, 0.29) is 0 Å². The van der Waals surface area contributed by atoms with Crippen LogP contribution in [0.5, 0.6) is 5.88 Å². The third kappa shape index (κ3) is 4.16. The fourth-order valence-corrected chi connectivity index (χ4v) is 5.76. The molecule has 2 saturated heterocycles. The van der Waals surface area contributed by atoms with Crippen molar-refractivity contribution in [3.8, 4) is 17.1 Å². The molecule has 0 atom stereocenters. The molecule has 0 aliphatic carbocycles. The van der Waals surface area contributed by atoms with Gasteiger partial charge in [-0.1, -0.05) is 13.0 Å². The van der Waals surface area contributed by atoms with Crippen LogP contribution in [0.4, 0.5) is 0 Å². The molecule has 2 aliphatic rings. The summed E-state index contributed by atoms with van der Waals surface area (Å²) in [6, 6.07) is 11.9. The Morgan fingerprint density at radius 2 is 1.81 bits per heavy atom. The zero-order chi connectivity index (χ0) is 22.1. The smallest absolute Gasteiger partial charge is 0.213 e. The molecule has 3 aromatic rings. The van der Waals surface area contributed by atoms with Gasteiger partial charge in [-0.3, -0.25) is 0 Å². The normalized spacial score (nSPS) is 19.6. The Kier molecular flexibility index (Phi) is 6.20. The lowest BCUT2D eigenvalue weighted by Gasteiger charge is -2.41. The molecule has 0 saturated carbocycles. The van der Waals surface area contributed by atoms with Crippen molar-refractivity contribution in [2.75, 3.05) is 39.8 Å². The molecule has 2 aliphatic heterocycles. The molecule has 2 aromatic heterocycles. The van der Waals surface area contributed by atoms with Crippen LogP contribution in [0.3, 0.4) is 0 Å². The topological polar surface area (TPSA) is 44.4 Å². The molecule has 1 N–H and O–H groups in total. The molecule has 0 unspecified atom stereocenters. The van der Waals surface area contributed by atoms with Gasteiger partial charge in [-0.15, -0.1) is 0 Å². The molecule has 0 spiro atoms. The van der Waals surface area contributed by atoms with Crippen molar-refractivity contribution in [1.29, 1.82) is 0 Å². The van der Waals surface area contributed by atoms with Crippen molar-refractivity contribution in [3.05, 3.63) is 47.7 Å². The van der Waals surface area contributed by atoms with Gasteiger partial charge in [-0.05, 0) is 101 Å². The molecule has 5 rings (SSSR count). The van der Waals surface area contributed by atoms with Crippen LogP contribution in [0.15, 0.2) is 36.5 Å². The van der Waals surface area contributed by atoms with Gasteiger partial charge in [0.25, 0.3) is 0 Å². The van der Waals surface area contributed by atoms with Gasteiger partial charge in [-0.25, -0.2) is 4.98 Å². The maximum Gasteiger partial charge on any atom is 0.213 e. The van der Waals surface area contributed by atoms with Crippen LogP contribution in [0, 0.1) is 6.92 Å². The van der Waals surface area contributed by atoms with E-state index in [1.807, 2.05) is 18.3 Å². The number of nitrogens with one attached hydrogen (secondary N) is 1. The van der Waals surface area contributed by atoms with Gasteiger partial charge in [0.15, 0.2) is 0 Å². The highest BCUT2D eigenvalue weighted by atomic mass is 16.5. The molecule has 0 radical (unpaired) electrons. The van der Waals surface area contributed by atoms with Crippen molar-refractivity contribution in [2.24, 2.45) is 0 Å². The average molecular weight is 433 g/mol. The molecule has 0 bridgehead atoms. The number of aromatic amines is 1. The van der Waals surface area contributed by atoms with Gasteiger partial charge in [0, 0.05) is 40.5 Å². The minimum atomic E-state index is 0.647. The molecule has 1 aromatic carbocycles. The second-order valence-corrected chi connectivity index (χ2v) is 9.49. The third-order valence-electron chi connectivity index (χ3n) is 7.84. The van der Waals surface area contributed by atoms with Gasteiger partial charge >= 0.3 is 0 Å². The van der Waals surface area contributed by atoms with Crippen LogP contribution < -0.4 is 4.74 Å². The number of piperidine rings is 2. The molecule has 4 heterocycles. The minimum Gasteiger partial charge on any atom is -0.481 e. The number of likely N-dealkylation sites (tertiary alicyclic amines) is 2. The zero-order valence-corrected chi connectivity index (χ0v) is 19.7. The number of hydrogen-bond acceptors (Lipinski definition) is 4. The van der Waals surface area contributed by atoms with Gasteiger partial charge in [0.05, 0.1) is 7.11 Å². The number of aryl methyl sites for hydroxylation is 1. The first-order valence-electron chi connectivity index (χ1n) is 12.2. The quantitative estimate of drug-likeness (QED) is 0.601. The SMILES string of the molecule is CCN1CCC(N2CCC(c3ccc4[nH]c(-c5ccnc(OC)c5)c(C)c4c3)CC2)CC1. The number of H-pyrrole nitrogens is 1. The number of ether oxygens (including phenoxy) is 1. The fourth-order valence-electron chi connectivity index (χ4n) is 5.76. The Hall–Kier alpha value is -2.37. The van der Waals surface area contributed by atoms with Crippen LogP contribution >= 0.6 is 0 Å². The van der Waals surface area contributed by atoms with E-state index >= 15 is 0 Å². The number of nitrogens with zero attached hydrogens (tertiary/aromatic N) is 3. The summed E-state index contributed by atoms with van der Waals surface area (Å²) in [6.45, 7) is 10.7. The van der Waals surface area contributed by atoms with E-state index in [1.54, 1.807) is 7.11 Å². The Morgan fingerprint density at radius 3 is 2.53 bits per heavy atom.